The molecule has 0 saturated carbocycles. The highest BCUT2D eigenvalue weighted by molar-refractivity contribution is 5.85. The van der Waals surface area contributed by atoms with Gasteiger partial charge in [0.2, 0.25) is 0 Å². The molecule has 0 aliphatic heterocycles. The molecule has 2 aromatic rings. The Morgan fingerprint density at radius 3 is 2.74 bits per heavy atom. The van der Waals surface area contributed by atoms with Gasteiger partial charge in [0.25, 0.3) is 0 Å². The van der Waals surface area contributed by atoms with E-state index in [0.29, 0.717) is 6.54 Å². The molecular formula is C14H15N3O2. The van der Waals surface area contributed by atoms with Gasteiger partial charge in [-0.1, -0.05) is 6.07 Å². The minimum atomic E-state index is -1.00. The van der Waals surface area contributed by atoms with Gasteiger partial charge in [-0.3, -0.25) is 9.88 Å². The first kappa shape index (κ1) is 13.2. The van der Waals surface area contributed by atoms with E-state index in [1.807, 2.05) is 31.4 Å². The lowest BCUT2D eigenvalue weighted by Gasteiger charge is -2.16. The zero-order valence-electron chi connectivity index (χ0n) is 10.7. The molecule has 0 fully saturated rings. The zero-order valence-corrected chi connectivity index (χ0v) is 10.7. The number of pyridine rings is 2. The van der Waals surface area contributed by atoms with E-state index in [0.717, 1.165) is 17.7 Å². The monoisotopic (exact) mass is 257 g/mol. The van der Waals surface area contributed by atoms with E-state index in [9.17, 15) is 4.79 Å². The van der Waals surface area contributed by atoms with Crippen LogP contribution in [0.25, 0.3) is 0 Å². The van der Waals surface area contributed by atoms with Gasteiger partial charge >= 0.3 is 5.97 Å². The van der Waals surface area contributed by atoms with E-state index in [4.69, 9.17) is 5.11 Å². The van der Waals surface area contributed by atoms with Crippen LogP contribution in [0.3, 0.4) is 0 Å². The molecule has 0 aliphatic rings. The van der Waals surface area contributed by atoms with Gasteiger partial charge in [0.1, 0.15) is 5.69 Å². The molecule has 0 aliphatic carbocycles. The number of carboxylic acid groups (broad SMARTS) is 1. The molecule has 5 nitrogen and oxygen atoms in total. The highest BCUT2D eigenvalue weighted by atomic mass is 16.4. The maximum absolute atomic E-state index is 10.8. The predicted molar refractivity (Wildman–Crippen MR) is 70.6 cm³/mol. The minimum Gasteiger partial charge on any atom is -0.477 e. The predicted octanol–water partition coefficient (Wildman–Crippen LogP) is 1.81. The molecule has 0 amide bonds. The second-order valence-corrected chi connectivity index (χ2v) is 4.39. The molecule has 0 spiro atoms. The summed E-state index contributed by atoms with van der Waals surface area (Å²) in [6.45, 7) is 1.43. The number of nitrogens with zero attached hydrogens (tertiary/aromatic N) is 3. The van der Waals surface area contributed by atoms with Gasteiger partial charge in [0.15, 0.2) is 0 Å². The number of hydrogen-bond donors (Lipinski definition) is 1. The topological polar surface area (TPSA) is 66.3 Å². The van der Waals surface area contributed by atoms with E-state index in [2.05, 4.69) is 14.9 Å². The van der Waals surface area contributed by atoms with Crippen molar-refractivity contribution in [1.82, 2.24) is 14.9 Å². The number of hydrogen-bond acceptors (Lipinski definition) is 4. The molecule has 0 unspecified atom stereocenters. The molecule has 0 saturated heterocycles. The zero-order chi connectivity index (χ0) is 13.7. The fourth-order valence-electron chi connectivity index (χ4n) is 1.86. The number of rotatable bonds is 5. The Labute approximate surface area is 111 Å². The van der Waals surface area contributed by atoms with Crippen molar-refractivity contribution in [1.29, 1.82) is 0 Å². The molecule has 2 aromatic heterocycles. The average molecular weight is 257 g/mol. The van der Waals surface area contributed by atoms with Gasteiger partial charge in [-0.05, 0) is 36.4 Å². The first-order valence-electron chi connectivity index (χ1n) is 5.91. The van der Waals surface area contributed by atoms with E-state index >= 15 is 0 Å². The third-order valence-electron chi connectivity index (χ3n) is 2.67. The van der Waals surface area contributed by atoms with E-state index in [-0.39, 0.29) is 5.69 Å². The highest BCUT2D eigenvalue weighted by Crippen LogP contribution is 2.08. The fraction of sp³-hybridized carbons (Fsp3) is 0.214. The minimum absolute atomic E-state index is 0.0762. The van der Waals surface area contributed by atoms with Crippen molar-refractivity contribution in [3.63, 3.8) is 0 Å². The van der Waals surface area contributed by atoms with Crippen molar-refractivity contribution in [2.24, 2.45) is 0 Å². The third-order valence-corrected chi connectivity index (χ3v) is 2.67. The Balaban J connectivity index is 2.01. The summed E-state index contributed by atoms with van der Waals surface area (Å²) in [5.74, 6) is -1.00. The molecule has 0 radical (unpaired) electrons. The summed E-state index contributed by atoms with van der Waals surface area (Å²) in [6, 6.07) is 7.34. The molecule has 1 N–H and O–H groups in total. The average Bonchev–Trinajstić information content (AvgIpc) is 2.40. The van der Waals surface area contributed by atoms with Crippen molar-refractivity contribution < 1.29 is 9.90 Å². The van der Waals surface area contributed by atoms with Crippen molar-refractivity contribution in [3.8, 4) is 0 Å². The van der Waals surface area contributed by atoms with Crippen LogP contribution in [0, 0.1) is 0 Å². The number of carboxylic acids is 1. The van der Waals surface area contributed by atoms with Crippen LogP contribution in [0.5, 0.6) is 0 Å². The molecule has 0 bridgehead atoms. The summed E-state index contributed by atoms with van der Waals surface area (Å²) in [5, 5.41) is 8.89. The van der Waals surface area contributed by atoms with Gasteiger partial charge < -0.3 is 5.11 Å². The molecular weight excluding hydrogens is 242 g/mol. The summed E-state index contributed by atoms with van der Waals surface area (Å²) in [7, 11) is 1.98. The molecule has 0 atom stereocenters. The summed E-state index contributed by atoms with van der Waals surface area (Å²) in [4.78, 5) is 20.8. The van der Waals surface area contributed by atoms with Crippen molar-refractivity contribution in [2.75, 3.05) is 7.05 Å². The Morgan fingerprint density at radius 1 is 1.26 bits per heavy atom. The van der Waals surface area contributed by atoms with E-state index in [1.54, 1.807) is 12.3 Å². The summed E-state index contributed by atoms with van der Waals surface area (Å²) >= 11 is 0. The normalized spacial score (nSPS) is 10.6. The Hall–Kier alpha value is -2.27. The van der Waals surface area contributed by atoms with Crippen LogP contribution in [0.4, 0.5) is 0 Å². The standard InChI is InChI=1S/C14H15N3O2/c1-17(10-12-3-2-5-15-8-12)9-11-4-6-16-13(7-11)14(18)19/h2-8H,9-10H2,1H3,(H,18,19). The fourth-order valence-corrected chi connectivity index (χ4v) is 1.86. The first-order valence-corrected chi connectivity index (χ1v) is 5.91. The van der Waals surface area contributed by atoms with Crippen LogP contribution in [0.2, 0.25) is 0 Å². The maximum Gasteiger partial charge on any atom is 0.354 e. The number of aromatic carboxylic acids is 1. The van der Waals surface area contributed by atoms with E-state index < -0.39 is 5.97 Å². The highest BCUT2D eigenvalue weighted by Gasteiger charge is 2.07. The molecule has 98 valence electrons. The quantitative estimate of drug-likeness (QED) is 0.884. The van der Waals surface area contributed by atoms with Crippen LogP contribution < -0.4 is 0 Å². The lowest BCUT2D eigenvalue weighted by Crippen LogP contribution is -2.17. The summed E-state index contributed by atoms with van der Waals surface area (Å²) in [5.41, 5.74) is 2.13. The van der Waals surface area contributed by atoms with Gasteiger partial charge in [0.05, 0.1) is 0 Å². The van der Waals surface area contributed by atoms with Crippen LogP contribution in [0.1, 0.15) is 21.6 Å². The maximum atomic E-state index is 10.8. The van der Waals surface area contributed by atoms with Gasteiger partial charge in [-0.15, -0.1) is 0 Å². The second-order valence-electron chi connectivity index (χ2n) is 4.39. The smallest absolute Gasteiger partial charge is 0.354 e. The van der Waals surface area contributed by atoms with Gasteiger partial charge in [-0.25, -0.2) is 9.78 Å². The van der Waals surface area contributed by atoms with Crippen LogP contribution in [-0.4, -0.2) is 33.0 Å². The van der Waals surface area contributed by atoms with Crippen LogP contribution in [-0.2, 0) is 13.1 Å². The van der Waals surface area contributed by atoms with Crippen LogP contribution >= 0.6 is 0 Å². The summed E-state index contributed by atoms with van der Waals surface area (Å²) in [6.07, 6.45) is 5.09. The Bertz CT molecular complexity index is 558. The number of carbonyl (C=O) groups is 1. The molecule has 0 aromatic carbocycles. The molecule has 2 heterocycles. The Kier molecular flexibility index (Phi) is 4.20. The van der Waals surface area contributed by atoms with Crippen molar-refractivity contribution in [3.05, 3.63) is 59.7 Å². The molecule has 5 heteroatoms. The summed E-state index contributed by atoms with van der Waals surface area (Å²) < 4.78 is 0. The van der Waals surface area contributed by atoms with Crippen LogP contribution in [0.15, 0.2) is 42.9 Å². The van der Waals surface area contributed by atoms with Gasteiger partial charge in [-0.2, -0.15) is 0 Å². The van der Waals surface area contributed by atoms with Crippen molar-refractivity contribution in [2.45, 2.75) is 13.1 Å². The van der Waals surface area contributed by atoms with Crippen molar-refractivity contribution >= 4 is 5.97 Å². The van der Waals surface area contributed by atoms with E-state index in [1.165, 1.54) is 6.20 Å². The van der Waals surface area contributed by atoms with Gasteiger partial charge in [0, 0.05) is 31.7 Å². The SMILES string of the molecule is CN(Cc1cccnc1)Cc1ccnc(C(=O)O)c1. The lowest BCUT2D eigenvalue weighted by molar-refractivity contribution is 0.0690. The largest absolute Gasteiger partial charge is 0.477 e. The lowest BCUT2D eigenvalue weighted by atomic mass is 10.2. The Morgan fingerprint density at radius 2 is 2.05 bits per heavy atom. The second kappa shape index (κ2) is 6.06. The molecule has 2 rings (SSSR count). The third kappa shape index (κ3) is 3.86. The number of aromatic nitrogens is 2. The molecule has 19 heavy (non-hydrogen) atoms. The first-order chi connectivity index (χ1) is 9.15.